The molecule has 5 heteroatoms. The van der Waals surface area contributed by atoms with E-state index in [0.29, 0.717) is 11.4 Å². The Morgan fingerprint density at radius 3 is 2.33 bits per heavy atom. The average molecular weight is 311 g/mol. The van der Waals surface area contributed by atoms with E-state index in [4.69, 9.17) is 0 Å². The van der Waals surface area contributed by atoms with Gasteiger partial charge in [-0.3, -0.25) is 4.79 Å². The molecule has 0 radical (unpaired) electrons. The summed E-state index contributed by atoms with van der Waals surface area (Å²) in [6, 6.07) is 0. The van der Waals surface area contributed by atoms with E-state index in [9.17, 15) is 14.7 Å². The molecule has 0 spiro atoms. The Labute approximate surface area is 130 Å². The van der Waals surface area contributed by atoms with Crippen LogP contribution in [0.15, 0.2) is 0 Å². The number of amides is 1. The van der Waals surface area contributed by atoms with Gasteiger partial charge in [-0.05, 0) is 25.8 Å². The molecule has 4 nitrogen and oxygen atoms in total. The number of hydrogen-bond donors (Lipinski definition) is 2. The summed E-state index contributed by atoms with van der Waals surface area (Å²) in [6.45, 7) is 5.83. The number of carboxylic acids is 1. The highest BCUT2D eigenvalue weighted by Gasteiger charge is 2.19. The van der Waals surface area contributed by atoms with Crippen molar-refractivity contribution in [2.45, 2.75) is 65.7 Å². The van der Waals surface area contributed by atoms with E-state index in [1.54, 1.807) is 6.92 Å². The second-order valence-corrected chi connectivity index (χ2v) is 6.58. The second kappa shape index (κ2) is 8.82. The van der Waals surface area contributed by atoms with Gasteiger partial charge in [0.15, 0.2) is 0 Å². The number of carbonyl (C=O) groups is 2. The molecule has 0 saturated carbocycles. The molecule has 0 saturated heterocycles. The zero-order valence-corrected chi connectivity index (χ0v) is 13.9. The highest BCUT2D eigenvalue weighted by Crippen LogP contribution is 2.32. The van der Waals surface area contributed by atoms with Crippen LogP contribution in [0.5, 0.6) is 0 Å². The monoisotopic (exact) mass is 311 g/mol. The molecule has 0 aromatic carbocycles. The van der Waals surface area contributed by atoms with Crippen LogP contribution < -0.4 is 5.32 Å². The van der Waals surface area contributed by atoms with Gasteiger partial charge in [0.05, 0.1) is 5.56 Å². The molecule has 0 aliphatic rings. The fourth-order valence-electron chi connectivity index (χ4n) is 2.23. The van der Waals surface area contributed by atoms with Crippen molar-refractivity contribution in [3.63, 3.8) is 0 Å². The summed E-state index contributed by atoms with van der Waals surface area (Å²) in [5, 5.41) is 12.4. The first kappa shape index (κ1) is 17.7. The van der Waals surface area contributed by atoms with Crippen molar-refractivity contribution in [2.24, 2.45) is 0 Å². The Balaban J connectivity index is 2.45. The maximum Gasteiger partial charge on any atom is 0.338 e. The van der Waals surface area contributed by atoms with Gasteiger partial charge in [-0.1, -0.05) is 39.0 Å². The molecule has 1 aromatic rings. The fraction of sp³-hybridized carbons (Fsp3) is 0.625. The summed E-state index contributed by atoms with van der Waals surface area (Å²) < 4.78 is 0. The topological polar surface area (TPSA) is 66.4 Å². The smallest absolute Gasteiger partial charge is 0.338 e. The van der Waals surface area contributed by atoms with Crippen LogP contribution in [-0.2, 0) is 4.79 Å². The normalized spacial score (nSPS) is 10.6. The van der Waals surface area contributed by atoms with Crippen LogP contribution in [0.25, 0.3) is 0 Å². The molecule has 2 N–H and O–H groups in total. The van der Waals surface area contributed by atoms with Crippen LogP contribution in [-0.4, -0.2) is 17.0 Å². The van der Waals surface area contributed by atoms with Crippen LogP contribution in [0.3, 0.4) is 0 Å². The third-order valence-corrected chi connectivity index (χ3v) is 4.73. The number of rotatable bonds is 9. The highest BCUT2D eigenvalue weighted by molar-refractivity contribution is 7.16. The van der Waals surface area contributed by atoms with E-state index in [0.717, 1.165) is 23.3 Å². The van der Waals surface area contributed by atoms with Gasteiger partial charge >= 0.3 is 5.97 Å². The predicted molar refractivity (Wildman–Crippen MR) is 87.4 cm³/mol. The molecule has 21 heavy (non-hydrogen) atoms. The number of anilines is 1. The fourth-order valence-corrected chi connectivity index (χ4v) is 3.30. The highest BCUT2D eigenvalue weighted by atomic mass is 32.1. The molecule has 0 unspecified atom stereocenters. The van der Waals surface area contributed by atoms with Crippen LogP contribution >= 0.6 is 11.3 Å². The Bertz CT molecular complexity index is 494. The van der Waals surface area contributed by atoms with Crippen LogP contribution in [0.2, 0.25) is 0 Å². The first-order valence-electron chi connectivity index (χ1n) is 7.60. The molecule has 0 atom stereocenters. The Kier molecular flexibility index (Phi) is 7.43. The van der Waals surface area contributed by atoms with E-state index in [-0.39, 0.29) is 11.5 Å². The zero-order valence-electron chi connectivity index (χ0n) is 13.1. The van der Waals surface area contributed by atoms with E-state index < -0.39 is 5.97 Å². The largest absolute Gasteiger partial charge is 0.478 e. The summed E-state index contributed by atoms with van der Waals surface area (Å²) in [6.07, 6.45) is 7.24. The first-order valence-corrected chi connectivity index (χ1v) is 8.42. The lowest BCUT2D eigenvalue weighted by molar-refractivity contribution is -0.116. The zero-order chi connectivity index (χ0) is 15.8. The maximum absolute atomic E-state index is 11.9. The van der Waals surface area contributed by atoms with Crippen LogP contribution in [0.4, 0.5) is 5.00 Å². The number of thiophene rings is 1. The van der Waals surface area contributed by atoms with E-state index in [1.165, 1.54) is 37.0 Å². The van der Waals surface area contributed by atoms with Crippen molar-refractivity contribution >= 4 is 28.2 Å². The maximum atomic E-state index is 11.9. The number of aryl methyl sites for hydroxylation is 1. The molecular weight excluding hydrogens is 286 g/mol. The Hall–Kier alpha value is -1.36. The van der Waals surface area contributed by atoms with Crippen molar-refractivity contribution in [2.75, 3.05) is 5.32 Å². The minimum absolute atomic E-state index is 0.0887. The summed E-state index contributed by atoms with van der Waals surface area (Å²) >= 11 is 1.34. The molecule has 1 rings (SSSR count). The minimum Gasteiger partial charge on any atom is -0.478 e. The van der Waals surface area contributed by atoms with Crippen molar-refractivity contribution in [3.8, 4) is 0 Å². The minimum atomic E-state index is -0.980. The third kappa shape index (κ3) is 5.50. The number of aromatic carboxylic acids is 1. The second-order valence-electron chi connectivity index (χ2n) is 5.36. The van der Waals surface area contributed by atoms with Crippen molar-refractivity contribution < 1.29 is 14.7 Å². The molecule has 1 amide bonds. The number of nitrogens with one attached hydrogen (secondary N) is 1. The lowest BCUT2D eigenvalue weighted by Crippen LogP contribution is -2.13. The van der Waals surface area contributed by atoms with Gasteiger partial charge in [0.1, 0.15) is 5.00 Å². The van der Waals surface area contributed by atoms with Gasteiger partial charge in [0.2, 0.25) is 5.91 Å². The lowest BCUT2D eigenvalue weighted by atomic mass is 10.1. The van der Waals surface area contributed by atoms with E-state index in [1.807, 2.05) is 6.92 Å². The van der Waals surface area contributed by atoms with Gasteiger partial charge in [0, 0.05) is 11.3 Å². The van der Waals surface area contributed by atoms with E-state index in [2.05, 4.69) is 12.2 Å². The predicted octanol–water partition coefficient (Wildman–Crippen LogP) is 4.75. The molecule has 0 fully saturated rings. The van der Waals surface area contributed by atoms with Crippen molar-refractivity contribution in [1.82, 2.24) is 0 Å². The third-order valence-electron chi connectivity index (χ3n) is 3.61. The molecular formula is C16H25NO3S. The van der Waals surface area contributed by atoms with Crippen molar-refractivity contribution in [3.05, 3.63) is 16.0 Å². The Morgan fingerprint density at radius 1 is 1.10 bits per heavy atom. The molecule has 118 valence electrons. The van der Waals surface area contributed by atoms with Gasteiger partial charge in [0.25, 0.3) is 0 Å². The molecule has 1 heterocycles. The number of carbonyl (C=O) groups excluding carboxylic acids is 1. The van der Waals surface area contributed by atoms with Gasteiger partial charge in [-0.2, -0.15) is 0 Å². The van der Waals surface area contributed by atoms with Gasteiger partial charge < -0.3 is 10.4 Å². The average Bonchev–Trinajstić information content (AvgIpc) is 2.68. The van der Waals surface area contributed by atoms with Gasteiger partial charge in [-0.15, -0.1) is 11.3 Å². The number of carboxylic acid groups (broad SMARTS) is 1. The number of unbranched alkanes of at least 4 members (excludes halogenated alkanes) is 5. The molecule has 0 bridgehead atoms. The summed E-state index contributed by atoms with van der Waals surface area (Å²) in [4.78, 5) is 24.1. The van der Waals surface area contributed by atoms with Crippen molar-refractivity contribution in [1.29, 1.82) is 0 Å². The number of hydrogen-bond acceptors (Lipinski definition) is 3. The van der Waals surface area contributed by atoms with Gasteiger partial charge in [-0.25, -0.2) is 4.79 Å². The molecule has 0 aliphatic carbocycles. The molecule has 1 aromatic heterocycles. The summed E-state index contributed by atoms with van der Waals surface area (Å²) in [5.41, 5.74) is 0.969. The lowest BCUT2D eigenvalue weighted by Gasteiger charge is -2.05. The molecule has 0 aliphatic heterocycles. The quantitative estimate of drug-likeness (QED) is 0.647. The summed E-state index contributed by atoms with van der Waals surface area (Å²) in [7, 11) is 0. The Morgan fingerprint density at radius 2 is 1.71 bits per heavy atom. The van der Waals surface area contributed by atoms with Crippen LogP contribution in [0, 0.1) is 13.8 Å². The standard InChI is InChI=1S/C16H25NO3S/c1-4-5-6-7-8-9-10-13(18)17-15-14(16(19)20)11(2)12(3)21-15/h4-10H2,1-3H3,(H,17,18)(H,19,20). The SMILES string of the molecule is CCCCCCCCC(=O)Nc1sc(C)c(C)c1C(=O)O. The van der Waals surface area contributed by atoms with E-state index >= 15 is 0 Å². The van der Waals surface area contributed by atoms with Crippen LogP contribution in [0.1, 0.15) is 72.7 Å². The summed E-state index contributed by atoms with van der Waals surface area (Å²) in [5.74, 6) is -1.07. The first-order chi connectivity index (χ1) is 9.97.